The summed E-state index contributed by atoms with van der Waals surface area (Å²) in [5.74, 6) is -0.147. The van der Waals surface area contributed by atoms with Crippen molar-refractivity contribution in [1.82, 2.24) is 0 Å². The van der Waals surface area contributed by atoms with Gasteiger partial charge in [0.15, 0.2) is 0 Å². The lowest BCUT2D eigenvalue weighted by atomic mass is 9.81. The van der Waals surface area contributed by atoms with Gasteiger partial charge in [-0.2, -0.15) is 0 Å². The Bertz CT molecular complexity index is 317. The van der Waals surface area contributed by atoms with E-state index in [1.807, 2.05) is 30.3 Å². The van der Waals surface area contributed by atoms with Gasteiger partial charge in [-0.25, -0.2) is 0 Å². The van der Waals surface area contributed by atoms with Gasteiger partial charge in [-0.1, -0.05) is 36.4 Å². The lowest BCUT2D eigenvalue weighted by molar-refractivity contribution is 0.0450. The normalized spacial score (nSPS) is 18.9. The average Bonchev–Trinajstić information content (AvgIpc) is 2.19. The predicted octanol–water partition coefficient (Wildman–Crippen LogP) is 3.33. The Morgan fingerprint density at radius 1 is 1.40 bits per heavy atom. The van der Waals surface area contributed by atoms with Gasteiger partial charge in [0.25, 0.3) is 0 Å². The van der Waals surface area contributed by atoms with Gasteiger partial charge in [0.1, 0.15) is 0 Å². The van der Waals surface area contributed by atoms with Crippen molar-refractivity contribution in [2.45, 2.75) is 30.7 Å². The molecule has 1 aromatic rings. The molecule has 1 aromatic carbocycles. The fourth-order valence-electron chi connectivity index (χ4n) is 1.62. The van der Waals surface area contributed by atoms with Gasteiger partial charge in [0.05, 0.1) is 11.0 Å². The summed E-state index contributed by atoms with van der Waals surface area (Å²) in [7, 11) is 0. The van der Waals surface area contributed by atoms with Crippen LogP contribution < -0.4 is 0 Å². The summed E-state index contributed by atoms with van der Waals surface area (Å²) >= 11 is 6.00. The molecule has 2 heteroatoms. The smallest absolute Gasteiger partial charge is 0.0882 e. The van der Waals surface area contributed by atoms with E-state index in [-0.39, 0.29) is 11.3 Å². The van der Waals surface area contributed by atoms with Crippen LogP contribution in [0, 0.1) is 0 Å². The minimum atomic E-state index is -0.981. The molecule has 0 aliphatic heterocycles. The van der Waals surface area contributed by atoms with Crippen molar-refractivity contribution in [3.8, 4) is 0 Å². The zero-order valence-electron chi connectivity index (χ0n) is 9.15. The Labute approximate surface area is 96.4 Å². The third kappa shape index (κ3) is 2.61. The number of halogens is 1. The third-order valence-corrected chi connectivity index (χ3v) is 3.27. The summed E-state index contributed by atoms with van der Waals surface area (Å²) < 4.78 is 0. The highest BCUT2D eigenvalue weighted by molar-refractivity contribution is 6.21. The summed E-state index contributed by atoms with van der Waals surface area (Å²) in [6.07, 6.45) is 1.74. The van der Waals surface area contributed by atoms with Crippen LogP contribution in [-0.2, 0) is 0 Å². The van der Waals surface area contributed by atoms with Gasteiger partial charge in [-0.05, 0) is 19.4 Å². The minimum Gasteiger partial charge on any atom is -0.388 e. The number of hydrogen-bond acceptors (Lipinski definition) is 1. The number of benzene rings is 1. The van der Waals surface area contributed by atoms with E-state index in [0.29, 0.717) is 0 Å². The van der Waals surface area contributed by atoms with E-state index < -0.39 is 5.60 Å². The SMILES string of the molecule is C=CC(c1ccccc1)[C@@](C)(O)[C@H](C)Cl. The summed E-state index contributed by atoms with van der Waals surface area (Å²) in [4.78, 5) is 0. The quantitative estimate of drug-likeness (QED) is 0.615. The lowest BCUT2D eigenvalue weighted by Gasteiger charge is -2.33. The zero-order chi connectivity index (χ0) is 11.5. The summed E-state index contributed by atoms with van der Waals surface area (Å²) in [6.45, 7) is 7.30. The number of rotatable bonds is 4. The van der Waals surface area contributed by atoms with Crippen LogP contribution in [0.2, 0.25) is 0 Å². The molecule has 15 heavy (non-hydrogen) atoms. The van der Waals surface area contributed by atoms with Crippen molar-refractivity contribution in [3.05, 3.63) is 48.6 Å². The Morgan fingerprint density at radius 2 is 1.93 bits per heavy atom. The van der Waals surface area contributed by atoms with E-state index in [2.05, 4.69) is 6.58 Å². The van der Waals surface area contributed by atoms with Crippen molar-refractivity contribution < 1.29 is 5.11 Å². The molecule has 0 saturated carbocycles. The highest BCUT2D eigenvalue weighted by Crippen LogP contribution is 2.33. The van der Waals surface area contributed by atoms with Crippen molar-refractivity contribution >= 4 is 11.6 Å². The maximum Gasteiger partial charge on any atom is 0.0882 e. The molecule has 1 nitrogen and oxygen atoms in total. The predicted molar refractivity (Wildman–Crippen MR) is 65.3 cm³/mol. The molecule has 3 atom stereocenters. The van der Waals surface area contributed by atoms with Crippen LogP contribution in [0.1, 0.15) is 25.3 Å². The van der Waals surface area contributed by atoms with Gasteiger partial charge in [0.2, 0.25) is 0 Å². The third-order valence-electron chi connectivity index (χ3n) is 2.83. The van der Waals surface area contributed by atoms with Crippen LogP contribution in [-0.4, -0.2) is 16.1 Å². The molecule has 1 unspecified atom stereocenters. The van der Waals surface area contributed by atoms with Gasteiger partial charge >= 0.3 is 0 Å². The van der Waals surface area contributed by atoms with E-state index in [1.54, 1.807) is 19.9 Å². The van der Waals surface area contributed by atoms with Gasteiger partial charge in [-0.15, -0.1) is 18.2 Å². The van der Waals surface area contributed by atoms with Crippen molar-refractivity contribution in [3.63, 3.8) is 0 Å². The van der Waals surface area contributed by atoms with E-state index >= 15 is 0 Å². The summed E-state index contributed by atoms with van der Waals surface area (Å²) in [5.41, 5.74) is 0.0509. The molecule has 0 amide bonds. The minimum absolute atomic E-state index is 0.147. The fraction of sp³-hybridized carbons (Fsp3) is 0.385. The first kappa shape index (κ1) is 12.3. The van der Waals surface area contributed by atoms with Crippen molar-refractivity contribution in [2.75, 3.05) is 0 Å². The molecule has 0 aromatic heterocycles. The van der Waals surface area contributed by atoms with Gasteiger partial charge in [0, 0.05) is 5.92 Å². The van der Waals surface area contributed by atoms with Crippen LogP contribution >= 0.6 is 11.6 Å². The second-order valence-corrected chi connectivity index (χ2v) is 4.62. The lowest BCUT2D eigenvalue weighted by Crippen LogP contribution is -2.39. The summed E-state index contributed by atoms with van der Waals surface area (Å²) in [5, 5.41) is 9.97. The highest BCUT2D eigenvalue weighted by atomic mass is 35.5. The Kier molecular flexibility index (Phi) is 3.95. The van der Waals surface area contributed by atoms with Crippen molar-refractivity contribution in [2.24, 2.45) is 0 Å². The second-order valence-electron chi connectivity index (χ2n) is 3.97. The molecular formula is C13H17ClO. The van der Waals surface area contributed by atoms with Crippen LogP contribution in [0.15, 0.2) is 43.0 Å². The molecular weight excluding hydrogens is 208 g/mol. The van der Waals surface area contributed by atoms with Crippen LogP contribution in [0.3, 0.4) is 0 Å². The maximum atomic E-state index is 10.3. The van der Waals surface area contributed by atoms with Gasteiger partial charge < -0.3 is 5.11 Å². The van der Waals surface area contributed by atoms with E-state index in [0.717, 1.165) is 5.56 Å². The average molecular weight is 225 g/mol. The first-order valence-corrected chi connectivity index (χ1v) is 5.47. The standard InChI is InChI=1S/C13H17ClO/c1-4-12(13(3,15)10(2)14)11-8-6-5-7-9-11/h4-10,12,15H,1H2,2-3H3/t10-,12?,13-/m0/s1. The van der Waals surface area contributed by atoms with E-state index in [9.17, 15) is 5.11 Å². The molecule has 1 rings (SSSR count). The van der Waals surface area contributed by atoms with Crippen LogP contribution in [0.4, 0.5) is 0 Å². The first-order chi connectivity index (χ1) is 7.00. The zero-order valence-corrected chi connectivity index (χ0v) is 9.91. The molecule has 0 heterocycles. The topological polar surface area (TPSA) is 20.2 Å². The monoisotopic (exact) mass is 224 g/mol. The van der Waals surface area contributed by atoms with Crippen LogP contribution in [0.5, 0.6) is 0 Å². The van der Waals surface area contributed by atoms with E-state index in [1.165, 1.54) is 0 Å². The fourth-order valence-corrected chi connectivity index (χ4v) is 1.76. The van der Waals surface area contributed by atoms with Crippen molar-refractivity contribution in [1.29, 1.82) is 0 Å². The number of alkyl halides is 1. The molecule has 0 aliphatic carbocycles. The molecule has 82 valence electrons. The molecule has 0 fully saturated rings. The number of aliphatic hydroxyl groups is 1. The Balaban J connectivity index is 3.05. The summed E-state index contributed by atoms with van der Waals surface area (Å²) in [6, 6.07) is 9.78. The second kappa shape index (κ2) is 4.82. The van der Waals surface area contributed by atoms with Crippen LogP contribution in [0.25, 0.3) is 0 Å². The number of hydrogen-bond donors (Lipinski definition) is 1. The molecule has 0 radical (unpaired) electrons. The maximum absolute atomic E-state index is 10.3. The van der Waals surface area contributed by atoms with Gasteiger partial charge in [-0.3, -0.25) is 0 Å². The molecule has 0 spiro atoms. The molecule has 0 saturated heterocycles. The highest BCUT2D eigenvalue weighted by Gasteiger charge is 2.35. The Morgan fingerprint density at radius 3 is 2.33 bits per heavy atom. The Hall–Kier alpha value is -0.790. The molecule has 0 bridgehead atoms. The first-order valence-electron chi connectivity index (χ1n) is 5.04. The van der Waals surface area contributed by atoms with E-state index in [4.69, 9.17) is 11.6 Å². The molecule has 0 aliphatic rings. The molecule has 1 N–H and O–H groups in total. The largest absolute Gasteiger partial charge is 0.388 e.